The first-order valence-electron chi connectivity index (χ1n) is 16.4. The Morgan fingerprint density at radius 2 is 1.08 bits per heavy atom. The summed E-state index contributed by atoms with van der Waals surface area (Å²) in [5.41, 5.74) is 11.2. The number of hydrogen-bond acceptors (Lipinski definition) is 4. The zero-order valence-electron chi connectivity index (χ0n) is 26.4. The number of pyridine rings is 1. The van der Waals surface area contributed by atoms with E-state index in [4.69, 9.17) is 8.83 Å². The molecule has 3 heterocycles. The monoisotopic (exact) mass is 628 g/mol. The zero-order valence-corrected chi connectivity index (χ0v) is 26.4. The minimum absolute atomic E-state index is 0.803. The lowest BCUT2D eigenvalue weighted by atomic mass is 9.98. The van der Waals surface area contributed by atoms with E-state index in [1.165, 1.54) is 16.3 Å². The highest BCUT2D eigenvalue weighted by Gasteiger charge is 2.17. The van der Waals surface area contributed by atoms with Gasteiger partial charge in [-0.1, -0.05) is 91.0 Å². The van der Waals surface area contributed by atoms with Crippen LogP contribution in [0.1, 0.15) is 0 Å². The minimum Gasteiger partial charge on any atom is -0.456 e. The molecule has 0 saturated heterocycles. The molecular weight excluding hydrogens is 601 g/mol. The summed E-state index contributed by atoms with van der Waals surface area (Å²) >= 11 is 0. The Kier molecular flexibility index (Phi) is 6.15. The SMILES string of the molecule is c1ccc(-c2cccc(N(c3ccc(-c4ccc5ccc6oc7cnccc7c6c5c4)cc3)c3ccc4c(c3)oc3ccccc34)c2)cc1. The molecule has 0 radical (unpaired) electrons. The first-order chi connectivity index (χ1) is 24.3. The van der Waals surface area contributed by atoms with Crippen LogP contribution in [0, 0.1) is 0 Å². The zero-order chi connectivity index (χ0) is 32.3. The number of anilines is 3. The van der Waals surface area contributed by atoms with Crippen LogP contribution in [0.2, 0.25) is 0 Å². The van der Waals surface area contributed by atoms with E-state index >= 15 is 0 Å². The molecule has 0 N–H and O–H groups in total. The molecule has 0 aliphatic heterocycles. The molecular formula is C45H28N2O2. The minimum atomic E-state index is 0.803. The highest BCUT2D eigenvalue weighted by Crippen LogP contribution is 2.41. The van der Waals surface area contributed by atoms with Gasteiger partial charge in [0, 0.05) is 50.9 Å². The average Bonchev–Trinajstić information content (AvgIpc) is 3.74. The molecule has 3 aromatic heterocycles. The maximum Gasteiger partial charge on any atom is 0.153 e. The molecule has 0 fully saturated rings. The van der Waals surface area contributed by atoms with E-state index in [0.29, 0.717) is 0 Å². The van der Waals surface area contributed by atoms with E-state index in [-0.39, 0.29) is 0 Å². The summed E-state index contributed by atoms with van der Waals surface area (Å²) in [7, 11) is 0. The van der Waals surface area contributed by atoms with Crippen LogP contribution in [-0.4, -0.2) is 4.98 Å². The quantitative estimate of drug-likeness (QED) is 0.190. The van der Waals surface area contributed by atoms with Gasteiger partial charge in [0.25, 0.3) is 0 Å². The number of nitrogens with zero attached hydrogens (tertiary/aromatic N) is 2. The van der Waals surface area contributed by atoms with Crippen molar-refractivity contribution in [2.24, 2.45) is 0 Å². The molecule has 7 aromatic carbocycles. The third-order valence-corrected chi connectivity index (χ3v) is 9.55. The van der Waals surface area contributed by atoms with Crippen molar-refractivity contribution in [2.75, 3.05) is 4.90 Å². The molecule has 10 rings (SSSR count). The standard InChI is InChI=1S/C45H28N2O2/c1-2-7-29(8-3-1)32-9-6-10-35(25-32)47(36-20-21-38-37-11-4-5-12-41(37)48-43(38)27-36)34-18-15-30(16-19-34)33-14-13-31-17-22-42-45(40(31)26-33)39-23-24-46-28-44(39)49-42/h1-28H. The predicted octanol–water partition coefficient (Wildman–Crippen LogP) is 12.8. The van der Waals surface area contributed by atoms with Gasteiger partial charge < -0.3 is 13.7 Å². The number of para-hydroxylation sites is 1. The maximum atomic E-state index is 6.33. The number of furan rings is 2. The fourth-order valence-corrected chi connectivity index (χ4v) is 7.19. The number of benzene rings is 7. The summed E-state index contributed by atoms with van der Waals surface area (Å²) in [6.45, 7) is 0. The lowest BCUT2D eigenvalue weighted by molar-refractivity contribution is 0.667. The van der Waals surface area contributed by atoms with Crippen molar-refractivity contribution < 1.29 is 8.83 Å². The topological polar surface area (TPSA) is 42.4 Å². The third-order valence-electron chi connectivity index (χ3n) is 9.55. The molecule has 0 unspecified atom stereocenters. The van der Waals surface area contributed by atoms with Crippen molar-refractivity contribution in [3.8, 4) is 22.3 Å². The van der Waals surface area contributed by atoms with Gasteiger partial charge in [0.1, 0.15) is 16.7 Å². The summed E-state index contributed by atoms with van der Waals surface area (Å²) in [5, 5.41) is 6.79. The molecule has 0 saturated carbocycles. The van der Waals surface area contributed by atoms with Crippen molar-refractivity contribution in [2.45, 2.75) is 0 Å². The smallest absolute Gasteiger partial charge is 0.153 e. The van der Waals surface area contributed by atoms with Crippen LogP contribution in [0.4, 0.5) is 17.1 Å². The van der Waals surface area contributed by atoms with Crippen LogP contribution in [0.3, 0.4) is 0 Å². The molecule has 49 heavy (non-hydrogen) atoms. The van der Waals surface area contributed by atoms with Crippen molar-refractivity contribution >= 4 is 71.7 Å². The summed E-state index contributed by atoms with van der Waals surface area (Å²) < 4.78 is 12.5. The van der Waals surface area contributed by atoms with E-state index in [9.17, 15) is 0 Å². The molecule has 0 spiro atoms. The number of hydrogen-bond donors (Lipinski definition) is 0. The van der Waals surface area contributed by atoms with Gasteiger partial charge in [0.05, 0.1) is 6.20 Å². The van der Waals surface area contributed by atoms with E-state index in [1.807, 2.05) is 24.4 Å². The van der Waals surface area contributed by atoms with E-state index in [2.05, 4.69) is 149 Å². The van der Waals surface area contributed by atoms with Crippen LogP contribution in [0.15, 0.2) is 179 Å². The fraction of sp³-hybridized carbons (Fsp3) is 0. The number of aromatic nitrogens is 1. The van der Waals surface area contributed by atoms with Gasteiger partial charge in [-0.3, -0.25) is 4.98 Å². The van der Waals surface area contributed by atoms with Gasteiger partial charge in [0.2, 0.25) is 0 Å². The van der Waals surface area contributed by atoms with Crippen LogP contribution in [0.25, 0.3) is 76.9 Å². The molecule has 0 aliphatic rings. The van der Waals surface area contributed by atoms with Gasteiger partial charge >= 0.3 is 0 Å². The molecule has 230 valence electrons. The Morgan fingerprint density at radius 3 is 2.00 bits per heavy atom. The fourth-order valence-electron chi connectivity index (χ4n) is 7.19. The van der Waals surface area contributed by atoms with Gasteiger partial charge in [0.15, 0.2) is 5.58 Å². The Labute approximate surface area is 282 Å². The summed E-state index contributed by atoms with van der Waals surface area (Å²) in [6.07, 6.45) is 3.61. The second kappa shape index (κ2) is 11.0. The van der Waals surface area contributed by atoms with E-state index in [1.54, 1.807) is 6.20 Å². The molecule has 0 aliphatic carbocycles. The van der Waals surface area contributed by atoms with Crippen molar-refractivity contribution in [3.05, 3.63) is 170 Å². The summed E-state index contributed by atoms with van der Waals surface area (Å²) in [4.78, 5) is 6.57. The van der Waals surface area contributed by atoms with Gasteiger partial charge in [-0.2, -0.15) is 0 Å². The second-order valence-corrected chi connectivity index (χ2v) is 12.4. The van der Waals surface area contributed by atoms with Crippen molar-refractivity contribution in [3.63, 3.8) is 0 Å². The molecule has 0 bridgehead atoms. The Morgan fingerprint density at radius 1 is 0.388 bits per heavy atom. The predicted molar refractivity (Wildman–Crippen MR) is 202 cm³/mol. The van der Waals surface area contributed by atoms with Gasteiger partial charge in [-0.15, -0.1) is 0 Å². The third kappa shape index (κ3) is 4.57. The lowest BCUT2D eigenvalue weighted by Crippen LogP contribution is -2.10. The van der Waals surface area contributed by atoms with E-state index < -0.39 is 0 Å². The van der Waals surface area contributed by atoms with Crippen LogP contribution in [-0.2, 0) is 0 Å². The first-order valence-corrected chi connectivity index (χ1v) is 16.4. The van der Waals surface area contributed by atoms with Crippen molar-refractivity contribution in [1.82, 2.24) is 4.98 Å². The Hall–Kier alpha value is -6.65. The summed E-state index contributed by atoms with van der Waals surface area (Å²) in [6, 6.07) is 55.7. The number of rotatable bonds is 5. The Balaban J connectivity index is 1.10. The van der Waals surface area contributed by atoms with Gasteiger partial charge in [-0.25, -0.2) is 0 Å². The first kappa shape index (κ1) is 27.5. The average molecular weight is 629 g/mol. The van der Waals surface area contributed by atoms with E-state index in [0.717, 1.165) is 77.6 Å². The Bertz CT molecular complexity index is 2830. The highest BCUT2D eigenvalue weighted by atomic mass is 16.3. The molecule has 10 aromatic rings. The second-order valence-electron chi connectivity index (χ2n) is 12.4. The molecule has 4 nitrogen and oxygen atoms in total. The van der Waals surface area contributed by atoms with Crippen LogP contribution >= 0.6 is 0 Å². The normalized spacial score (nSPS) is 11.7. The number of fused-ring (bicyclic) bond motifs is 8. The van der Waals surface area contributed by atoms with Crippen LogP contribution in [0.5, 0.6) is 0 Å². The lowest BCUT2D eigenvalue weighted by Gasteiger charge is -2.26. The van der Waals surface area contributed by atoms with Gasteiger partial charge in [-0.05, 0) is 93.7 Å². The highest BCUT2D eigenvalue weighted by molar-refractivity contribution is 6.19. The molecule has 0 atom stereocenters. The maximum absolute atomic E-state index is 6.33. The summed E-state index contributed by atoms with van der Waals surface area (Å²) in [5.74, 6) is 0. The molecule has 0 amide bonds. The van der Waals surface area contributed by atoms with Crippen molar-refractivity contribution in [1.29, 1.82) is 0 Å². The van der Waals surface area contributed by atoms with Crippen LogP contribution < -0.4 is 4.90 Å². The largest absolute Gasteiger partial charge is 0.456 e. The molecule has 4 heteroatoms.